The van der Waals surface area contributed by atoms with Crippen LogP contribution in [0.1, 0.15) is 44.4 Å². The third kappa shape index (κ3) is 14.6. The van der Waals surface area contributed by atoms with Gasteiger partial charge in [0.25, 0.3) is 0 Å². The van der Waals surface area contributed by atoms with Crippen molar-refractivity contribution in [2.45, 2.75) is 121 Å². The second-order valence-corrected chi connectivity index (χ2v) is 19.5. The minimum Gasteiger partial charge on any atom is -0.414 e. The van der Waals surface area contributed by atoms with E-state index in [0.29, 0.717) is 16.7 Å². The molecule has 6 aromatic carbocycles. The maximum atomic E-state index is 17.7. The highest BCUT2D eigenvalue weighted by Crippen LogP contribution is 2.42. The predicted molar refractivity (Wildman–Crippen MR) is 263 cm³/mol. The van der Waals surface area contributed by atoms with Crippen LogP contribution < -0.4 is 0 Å². The van der Waals surface area contributed by atoms with Crippen LogP contribution in [0.2, 0.25) is 13.1 Å². The van der Waals surface area contributed by atoms with E-state index >= 15 is 4.39 Å². The number of alkyl halides is 1. The second-order valence-electron chi connectivity index (χ2n) is 17.4. The quantitative estimate of drug-likeness (QED) is 0.0546. The topological polar surface area (TPSA) is 92.3 Å². The standard InChI is InChI=1S/C57H64FO10Si/c1-57(68-54-52(62-37-45-28-16-7-17-29-45)50(60-35-43-24-12-5-13-25-43)48(66-56(54)58)40-59-34-42-22-10-4-11-23-42)55(64-39-47-32-20-9-21-33-47)53(63-38-46-30-18-8-19-31-46)51(49(67-57)41-65-69(2)3)61-36-44-26-14-6-15-27-44/h4-33,48-56H,34-41H2,1-3H3/t48-,49-,50-,51-,52+,53+,54+,55-,56?,57-/m1/s1/i34D,35D,37D/t34?,35?,37?,48-,49-,50-,51-,52+,53+,54+,55-,56?,57-. The summed E-state index contributed by atoms with van der Waals surface area (Å²) in [6.07, 6.45) is -11.6. The largest absolute Gasteiger partial charge is 0.414 e. The smallest absolute Gasteiger partial charge is 0.228 e. The Morgan fingerprint density at radius 3 is 1.36 bits per heavy atom. The fourth-order valence-corrected chi connectivity index (χ4v) is 8.87. The molecular formula is C57H64FO10Si. The summed E-state index contributed by atoms with van der Waals surface area (Å²) in [5, 5.41) is 0. The minimum absolute atomic E-state index is 0.0811. The Kier molecular flexibility index (Phi) is 17.4. The van der Waals surface area contributed by atoms with Gasteiger partial charge in [-0.1, -0.05) is 182 Å². The van der Waals surface area contributed by atoms with E-state index in [1.54, 1.807) is 79.7 Å². The van der Waals surface area contributed by atoms with E-state index in [0.717, 1.165) is 16.7 Å². The highest BCUT2D eigenvalue weighted by molar-refractivity contribution is 6.48. The number of hydrogen-bond donors (Lipinski definition) is 0. The van der Waals surface area contributed by atoms with Crippen LogP contribution in [-0.2, 0) is 86.6 Å². The Labute approximate surface area is 412 Å². The first kappa shape index (κ1) is 46.5. The first-order valence-corrected chi connectivity index (χ1v) is 25.8. The SMILES string of the molecule is [2H]C(OC[C@H]1OC(F)[C@@H](O[C@@]2(C)O[C@H](CO[Si](C)C)[C@@H](OCc3ccccc3)[C@H](OCc3ccccc3)[C@H]2OCc2ccccc2)[C@@H](OC([2H])c2ccccc2)[C@@H]1OC([2H])c1ccccc1)c1ccccc1. The van der Waals surface area contributed by atoms with E-state index < -0.39 is 89.8 Å². The molecule has 12 heteroatoms. The molecular weight excluding hydrogens is 892 g/mol. The van der Waals surface area contributed by atoms with E-state index in [1.165, 1.54) is 0 Å². The number of halogens is 1. The van der Waals surface area contributed by atoms with Crippen molar-refractivity contribution in [1.29, 1.82) is 0 Å². The van der Waals surface area contributed by atoms with Crippen LogP contribution in [0, 0.1) is 0 Å². The molecule has 2 aliphatic heterocycles. The molecule has 6 aromatic rings. The average Bonchev–Trinajstić information content (AvgIpc) is 3.41. The molecule has 1 radical (unpaired) electrons. The zero-order valence-electron chi connectivity index (χ0n) is 42.2. The van der Waals surface area contributed by atoms with Crippen molar-refractivity contribution in [3.05, 3.63) is 215 Å². The molecule has 8 rings (SSSR count). The molecule has 0 saturated carbocycles. The highest BCUT2D eigenvalue weighted by atomic mass is 28.3. The molecule has 4 unspecified atom stereocenters. The van der Waals surface area contributed by atoms with Crippen LogP contribution in [-0.4, -0.2) is 83.2 Å². The summed E-state index contributed by atoms with van der Waals surface area (Å²) in [7, 11) is -1.28. The second kappa shape index (κ2) is 25.8. The van der Waals surface area contributed by atoms with Crippen molar-refractivity contribution in [3.63, 3.8) is 0 Å². The monoisotopic (exact) mass is 958 g/mol. The Morgan fingerprint density at radius 1 is 0.478 bits per heavy atom. The van der Waals surface area contributed by atoms with Crippen LogP contribution in [0.5, 0.6) is 0 Å². The predicted octanol–water partition coefficient (Wildman–Crippen LogP) is 10.6. The molecule has 363 valence electrons. The Hall–Kier alpha value is -4.93. The maximum absolute atomic E-state index is 17.7. The van der Waals surface area contributed by atoms with Crippen LogP contribution in [0.15, 0.2) is 182 Å². The summed E-state index contributed by atoms with van der Waals surface area (Å²) in [6.45, 7) is 2.06. The van der Waals surface area contributed by atoms with Crippen molar-refractivity contribution < 1.29 is 55.6 Å². The van der Waals surface area contributed by atoms with Crippen LogP contribution >= 0.6 is 0 Å². The molecule has 0 bridgehead atoms. The third-order valence-electron chi connectivity index (χ3n) is 11.8. The van der Waals surface area contributed by atoms with Gasteiger partial charge >= 0.3 is 0 Å². The van der Waals surface area contributed by atoms with Crippen molar-refractivity contribution in [1.82, 2.24) is 0 Å². The van der Waals surface area contributed by atoms with Gasteiger partial charge in [0.2, 0.25) is 15.4 Å². The summed E-state index contributed by atoms with van der Waals surface area (Å²) in [5.41, 5.74) is 4.25. The van der Waals surface area contributed by atoms with Crippen molar-refractivity contribution in [2.75, 3.05) is 13.2 Å². The summed E-state index contributed by atoms with van der Waals surface area (Å²) >= 11 is 0. The van der Waals surface area contributed by atoms with Gasteiger partial charge in [-0.25, -0.2) is 4.39 Å². The Morgan fingerprint density at radius 2 is 0.884 bits per heavy atom. The number of rotatable bonds is 24. The summed E-state index contributed by atoms with van der Waals surface area (Å²) < 4.78 is 112. The zero-order chi connectivity index (χ0) is 50.3. The van der Waals surface area contributed by atoms with Gasteiger partial charge in [-0.2, -0.15) is 0 Å². The zero-order valence-corrected chi connectivity index (χ0v) is 40.2. The molecule has 0 aliphatic carbocycles. The Bertz CT molecular complexity index is 2460. The lowest BCUT2D eigenvalue weighted by atomic mass is 9.91. The van der Waals surface area contributed by atoms with Gasteiger partial charge in [0.05, 0.1) is 56.9 Å². The molecule has 2 aliphatic rings. The normalized spacial score (nSPS) is 28.0. The average molecular weight is 959 g/mol. The fourth-order valence-electron chi connectivity index (χ4n) is 8.38. The van der Waals surface area contributed by atoms with Crippen LogP contribution in [0.3, 0.4) is 0 Å². The van der Waals surface area contributed by atoms with Gasteiger partial charge in [-0.3, -0.25) is 0 Å². The Balaban J connectivity index is 1.21. The summed E-state index contributed by atoms with van der Waals surface area (Å²) in [4.78, 5) is 0. The van der Waals surface area contributed by atoms with Gasteiger partial charge in [0.1, 0.15) is 48.8 Å². The van der Waals surface area contributed by atoms with Gasteiger partial charge < -0.3 is 47.1 Å². The van der Waals surface area contributed by atoms with E-state index in [4.69, 9.17) is 48.4 Å². The third-order valence-corrected chi connectivity index (χ3v) is 12.6. The minimum atomic E-state index is -2.25. The van der Waals surface area contributed by atoms with Crippen molar-refractivity contribution in [2.24, 2.45) is 0 Å². The van der Waals surface area contributed by atoms with E-state index in [1.807, 2.05) is 122 Å². The van der Waals surface area contributed by atoms with Gasteiger partial charge in [0.15, 0.2) is 5.79 Å². The maximum Gasteiger partial charge on any atom is 0.228 e. The van der Waals surface area contributed by atoms with Gasteiger partial charge in [0, 0.05) is 0 Å². The molecule has 0 aromatic heterocycles. The van der Waals surface area contributed by atoms with E-state index in [-0.39, 0.29) is 33.0 Å². The lowest BCUT2D eigenvalue weighted by molar-refractivity contribution is -0.411. The molecule has 0 N–H and O–H groups in total. The molecule has 2 heterocycles. The van der Waals surface area contributed by atoms with Crippen LogP contribution in [0.25, 0.3) is 0 Å². The van der Waals surface area contributed by atoms with Crippen molar-refractivity contribution in [3.8, 4) is 0 Å². The highest BCUT2D eigenvalue weighted by Gasteiger charge is 2.59. The number of ether oxygens (including phenoxy) is 9. The van der Waals surface area contributed by atoms with Gasteiger partial charge in [-0.15, -0.1) is 0 Å². The van der Waals surface area contributed by atoms with Crippen molar-refractivity contribution >= 4 is 9.04 Å². The van der Waals surface area contributed by atoms with E-state index in [2.05, 4.69) is 0 Å². The van der Waals surface area contributed by atoms with Crippen LogP contribution in [0.4, 0.5) is 4.39 Å². The lowest BCUT2D eigenvalue weighted by Gasteiger charge is -2.53. The lowest BCUT2D eigenvalue weighted by Crippen LogP contribution is -2.70. The summed E-state index contributed by atoms with van der Waals surface area (Å²) in [5.74, 6) is -1.87. The molecule has 13 atom stereocenters. The molecule has 2 saturated heterocycles. The molecule has 10 nitrogen and oxygen atoms in total. The molecule has 2 fully saturated rings. The number of benzene rings is 6. The number of hydrogen-bond acceptors (Lipinski definition) is 10. The van der Waals surface area contributed by atoms with E-state index in [9.17, 15) is 2.74 Å². The molecule has 69 heavy (non-hydrogen) atoms. The fraction of sp³-hybridized carbons (Fsp3) is 0.368. The summed E-state index contributed by atoms with van der Waals surface area (Å²) in [6, 6.07) is 55.9. The first-order valence-electron chi connectivity index (χ1n) is 25.2. The molecule has 0 spiro atoms. The molecule has 0 amide bonds. The van der Waals surface area contributed by atoms with Gasteiger partial charge in [-0.05, 0) is 53.4 Å². The first-order chi connectivity index (χ1) is 35.0.